The molecule has 0 spiro atoms. The maximum absolute atomic E-state index is 12.7. The first-order chi connectivity index (χ1) is 15.3. The normalized spacial score (nSPS) is 10.9. The summed E-state index contributed by atoms with van der Waals surface area (Å²) in [7, 11) is -4.23. The first kappa shape index (κ1) is 22.9. The van der Waals surface area contributed by atoms with Gasteiger partial charge in [0.15, 0.2) is 6.61 Å². The number of hydrogen-bond acceptors (Lipinski definition) is 8. The summed E-state index contributed by atoms with van der Waals surface area (Å²) in [6, 6.07) is 13.8. The summed E-state index contributed by atoms with van der Waals surface area (Å²) in [5.41, 5.74) is -0.607. The Balaban J connectivity index is 1.68. The molecule has 0 saturated carbocycles. The molecular formula is C20H17N3O7S2. The molecule has 1 aromatic heterocycles. The molecule has 32 heavy (non-hydrogen) atoms. The van der Waals surface area contributed by atoms with E-state index in [0.29, 0.717) is 6.54 Å². The van der Waals surface area contributed by atoms with E-state index < -0.39 is 39.1 Å². The molecule has 166 valence electrons. The van der Waals surface area contributed by atoms with Gasteiger partial charge in [-0.25, -0.2) is 13.2 Å². The number of ether oxygens (including phenoxy) is 1. The van der Waals surface area contributed by atoms with Crippen LogP contribution in [0.5, 0.6) is 0 Å². The number of non-ortho nitro benzene ring substituents is 1. The molecule has 0 unspecified atom stereocenters. The van der Waals surface area contributed by atoms with E-state index in [1.807, 2.05) is 17.5 Å². The number of sulfonamides is 1. The number of benzene rings is 2. The van der Waals surface area contributed by atoms with Crippen LogP contribution in [0.25, 0.3) is 0 Å². The molecule has 12 heteroatoms. The third-order valence-corrected chi connectivity index (χ3v) is 6.34. The molecule has 1 heterocycles. The van der Waals surface area contributed by atoms with Crippen LogP contribution >= 0.6 is 11.3 Å². The van der Waals surface area contributed by atoms with Gasteiger partial charge in [0.1, 0.15) is 0 Å². The second kappa shape index (κ2) is 10.0. The zero-order valence-corrected chi connectivity index (χ0v) is 18.0. The topological polar surface area (TPSA) is 145 Å². The van der Waals surface area contributed by atoms with E-state index >= 15 is 0 Å². The lowest BCUT2D eigenvalue weighted by atomic mass is 10.2. The molecule has 0 fully saturated rings. The number of thiophene rings is 1. The fourth-order valence-electron chi connectivity index (χ4n) is 2.58. The number of nitro groups is 1. The standard InChI is InChI=1S/C20H17N3O7S2/c24-19(21-12-15-6-4-10-31-15)13-30-20(25)17-8-1-2-9-18(17)22-32(28,29)16-7-3-5-14(11-16)23(26)27/h1-11,22H,12-13H2,(H,21,24). The van der Waals surface area contributed by atoms with Crippen molar-refractivity contribution in [3.05, 3.63) is 86.6 Å². The molecule has 2 aromatic carbocycles. The summed E-state index contributed by atoms with van der Waals surface area (Å²) in [4.78, 5) is 35.1. The maximum atomic E-state index is 12.7. The van der Waals surface area contributed by atoms with Crippen molar-refractivity contribution in [2.75, 3.05) is 11.3 Å². The van der Waals surface area contributed by atoms with E-state index in [1.165, 1.54) is 47.7 Å². The minimum absolute atomic E-state index is 0.0944. The van der Waals surface area contributed by atoms with Crippen molar-refractivity contribution in [1.29, 1.82) is 0 Å². The van der Waals surface area contributed by atoms with Gasteiger partial charge >= 0.3 is 5.97 Å². The number of rotatable bonds is 9. The van der Waals surface area contributed by atoms with E-state index in [0.717, 1.165) is 17.0 Å². The Morgan fingerprint density at radius 2 is 1.84 bits per heavy atom. The molecule has 3 rings (SSSR count). The van der Waals surface area contributed by atoms with Gasteiger partial charge in [-0.3, -0.25) is 19.6 Å². The number of anilines is 1. The van der Waals surface area contributed by atoms with Gasteiger partial charge in [0.05, 0.1) is 27.6 Å². The molecule has 0 radical (unpaired) electrons. The van der Waals surface area contributed by atoms with Crippen LogP contribution in [0.4, 0.5) is 11.4 Å². The van der Waals surface area contributed by atoms with Crippen molar-refractivity contribution in [3.63, 3.8) is 0 Å². The van der Waals surface area contributed by atoms with Gasteiger partial charge < -0.3 is 10.1 Å². The summed E-state index contributed by atoms with van der Waals surface area (Å²) >= 11 is 1.47. The summed E-state index contributed by atoms with van der Waals surface area (Å²) in [6.07, 6.45) is 0. The van der Waals surface area contributed by atoms with Crippen LogP contribution in [0.3, 0.4) is 0 Å². The number of nitrogens with zero attached hydrogens (tertiary/aromatic N) is 1. The number of carbonyl (C=O) groups is 2. The molecule has 0 aliphatic rings. The molecular weight excluding hydrogens is 458 g/mol. The second-order valence-electron chi connectivity index (χ2n) is 6.34. The van der Waals surface area contributed by atoms with E-state index in [-0.39, 0.29) is 16.1 Å². The summed E-state index contributed by atoms with van der Waals surface area (Å²) < 4.78 is 32.6. The molecule has 0 atom stereocenters. The Kier molecular flexibility index (Phi) is 7.18. The van der Waals surface area contributed by atoms with Crippen LogP contribution in [0, 0.1) is 10.1 Å². The van der Waals surface area contributed by atoms with Crippen molar-refractivity contribution in [2.45, 2.75) is 11.4 Å². The van der Waals surface area contributed by atoms with Crippen molar-refractivity contribution in [2.24, 2.45) is 0 Å². The van der Waals surface area contributed by atoms with Gasteiger partial charge in [-0.15, -0.1) is 11.3 Å². The van der Waals surface area contributed by atoms with Crippen LogP contribution in [0.2, 0.25) is 0 Å². The fourth-order valence-corrected chi connectivity index (χ4v) is 4.34. The van der Waals surface area contributed by atoms with Crippen molar-refractivity contribution in [1.82, 2.24) is 5.32 Å². The van der Waals surface area contributed by atoms with Crippen LogP contribution < -0.4 is 10.0 Å². The first-order valence-corrected chi connectivity index (χ1v) is 11.4. The molecule has 0 bridgehead atoms. The van der Waals surface area contributed by atoms with Gasteiger partial charge in [-0.2, -0.15) is 0 Å². The van der Waals surface area contributed by atoms with Gasteiger partial charge in [-0.1, -0.05) is 24.3 Å². The summed E-state index contributed by atoms with van der Waals surface area (Å²) in [6.45, 7) is -0.246. The highest BCUT2D eigenvalue weighted by atomic mass is 32.2. The van der Waals surface area contributed by atoms with E-state index in [9.17, 15) is 28.1 Å². The number of amides is 1. The zero-order chi connectivity index (χ0) is 23.1. The first-order valence-electron chi connectivity index (χ1n) is 9.09. The molecule has 3 aromatic rings. The van der Waals surface area contributed by atoms with Gasteiger partial charge in [0.2, 0.25) is 0 Å². The highest BCUT2D eigenvalue weighted by molar-refractivity contribution is 7.92. The predicted molar refractivity (Wildman–Crippen MR) is 117 cm³/mol. The van der Waals surface area contributed by atoms with Gasteiger partial charge in [-0.05, 0) is 29.6 Å². The van der Waals surface area contributed by atoms with Crippen LogP contribution in [0.1, 0.15) is 15.2 Å². The molecule has 0 aliphatic carbocycles. The third-order valence-electron chi connectivity index (χ3n) is 4.10. The minimum atomic E-state index is -4.23. The minimum Gasteiger partial charge on any atom is -0.452 e. The average Bonchev–Trinajstić information content (AvgIpc) is 3.30. The monoisotopic (exact) mass is 475 g/mol. The summed E-state index contributed by atoms with van der Waals surface area (Å²) in [5.74, 6) is -1.42. The van der Waals surface area contributed by atoms with Gasteiger partial charge in [0, 0.05) is 17.0 Å². The number of para-hydroxylation sites is 1. The number of nitrogens with one attached hydrogen (secondary N) is 2. The molecule has 0 saturated heterocycles. The van der Waals surface area contributed by atoms with E-state index in [4.69, 9.17) is 4.74 Å². The molecule has 10 nitrogen and oxygen atoms in total. The SMILES string of the molecule is O=C(COC(=O)c1ccccc1NS(=O)(=O)c1cccc([N+](=O)[O-])c1)NCc1cccs1. The molecule has 1 amide bonds. The van der Waals surface area contributed by atoms with Crippen LogP contribution in [-0.4, -0.2) is 31.8 Å². The average molecular weight is 476 g/mol. The molecule has 0 aliphatic heterocycles. The Morgan fingerprint density at radius 3 is 2.56 bits per heavy atom. The van der Waals surface area contributed by atoms with Crippen molar-refractivity contribution < 1.29 is 27.7 Å². The maximum Gasteiger partial charge on any atom is 0.340 e. The Hall–Kier alpha value is -3.77. The highest BCUT2D eigenvalue weighted by Crippen LogP contribution is 2.23. The Labute approximate surface area is 187 Å². The van der Waals surface area contributed by atoms with Crippen LogP contribution in [-0.2, 0) is 26.1 Å². The van der Waals surface area contributed by atoms with Crippen molar-refractivity contribution >= 4 is 44.6 Å². The fraction of sp³-hybridized carbons (Fsp3) is 0.100. The molecule has 2 N–H and O–H groups in total. The Morgan fingerprint density at radius 1 is 1.06 bits per heavy atom. The number of esters is 1. The highest BCUT2D eigenvalue weighted by Gasteiger charge is 2.21. The van der Waals surface area contributed by atoms with Crippen molar-refractivity contribution in [3.8, 4) is 0 Å². The van der Waals surface area contributed by atoms with E-state index in [2.05, 4.69) is 10.0 Å². The smallest absolute Gasteiger partial charge is 0.340 e. The number of carbonyl (C=O) groups excluding carboxylic acids is 2. The zero-order valence-electron chi connectivity index (χ0n) is 16.4. The number of nitro benzene ring substituents is 1. The Bertz CT molecular complexity index is 1240. The predicted octanol–water partition coefficient (Wildman–Crippen LogP) is 2.93. The quantitative estimate of drug-likeness (QED) is 0.275. The largest absolute Gasteiger partial charge is 0.452 e. The lowest BCUT2D eigenvalue weighted by molar-refractivity contribution is -0.385. The van der Waals surface area contributed by atoms with E-state index in [1.54, 1.807) is 0 Å². The summed E-state index contributed by atoms with van der Waals surface area (Å²) in [5, 5.41) is 15.4. The second-order valence-corrected chi connectivity index (χ2v) is 9.05. The number of hydrogen-bond donors (Lipinski definition) is 2. The lowest BCUT2D eigenvalue weighted by Crippen LogP contribution is -2.28. The van der Waals surface area contributed by atoms with Crippen LogP contribution in [0.15, 0.2) is 70.9 Å². The lowest BCUT2D eigenvalue weighted by Gasteiger charge is -2.12. The third kappa shape index (κ3) is 5.89. The van der Waals surface area contributed by atoms with Gasteiger partial charge in [0.25, 0.3) is 21.6 Å².